The Morgan fingerprint density at radius 1 is 1.23 bits per heavy atom. The van der Waals surface area contributed by atoms with Gasteiger partial charge in [-0.2, -0.15) is 18.2 Å². The summed E-state index contributed by atoms with van der Waals surface area (Å²) in [5, 5.41) is 7.48. The SMILES string of the molecule is COc1cc2ncn(CCCC(=O)Nc3n[nH]c(C(F)(F)F)n3)c(=O)c2cc1OC. The zero-order valence-corrected chi connectivity index (χ0v) is 15.9. The molecule has 2 aromatic heterocycles. The van der Waals surface area contributed by atoms with Crippen molar-refractivity contribution < 1.29 is 27.4 Å². The van der Waals surface area contributed by atoms with Crippen molar-refractivity contribution in [2.24, 2.45) is 0 Å². The summed E-state index contributed by atoms with van der Waals surface area (Å²) in [6.45, 7) is 0.172. The minimum atomic E-state index is -4.69. The third kappa shape index (κ3) is 4.50. The molecule has 160 valence electrons. The van der Waals surface area contributed by atoms with E-state index >= 15 is 0 Å². The first-order chi connectivity index (χ1) is 14.2. The fourth-order valence-corrected chi connectivity index (χ4v) is 2.69. The lowest BCUT2D eigenvalue weighted by Crippen LogP contribution is -2.22. The summed E-state index contributed by atoms with van der Waals surface area (Å²) >= 11 is 0. The summed E-state index contributed by atoms with van der Waals surface area (Å²) in [5.74, 6) is -1.55. The lowest BCUT2D eigenvalue weighted by molar-refractivity contribution is -0.144. The number of alkyl halides is 3. The van der Waals surface area contributed by atoms with Crippen LogP contribution in [-0.2, 0) is 17.5 Å². The number of halogens is 3. The topological polar surface area (TPSA) is 124 Å². The van der Waals surface area contributed by atoms with Gasteiger partial charge in [0.05, 0.1) is 31.4 Å². The van der Waals surface area contributed by atoms with Gasteiger partial charge in [-0.25, -0.2) is 4.98 Å². The average Bonchev–Trinajstić information content (AvgIpc) is 3.17. The van der Waals surface area contributed by atoms with Crippen LogP contribution in [0.2, 0.25) is 0 Å². The lowest BCUT2D eigenvalue weighted by Gasteiger charge is -2.10. The van der Waals surface area contributed by atoms with Crippen LogP contribution in [0.4, 0.5) is 19.1 Å². The monoisotopic (exact) mass is 426 g/mol. The lowest BCUT2D eigenvalue weighted by atomic mass is 10.2. The third-order valence-electron chi connectivity index (χ3n) is 4.14. The maximum absolute atomic E-state index is 12.7. The maximum Gasteiger partial charge on any atom is 0.451 e. The number of anilines is 1. The predicted octanol–water partition coefficient (Wildman–Crippen LogP) is 1.97. The molecule has 0 radical (unpaired) electrons. The molecule has 2 N–H and O–H groups in total. The van der Waals surface area contributed by atoms with E-state index in [0.29, 0.717) is 22.4 Å². The minimum Gasteiger partial charge on any atom is -0.493 e. The molecule has 30 heavy (non-hydrogen) atoms. The highest BCUT2D eigenvalue weighted by atomic mass is 19.4. The zero-order chi connectivity index (χ0) is 21.9. The molecule has 0 fully saturated rings. The Balaban J connectivity index is 1.64. The molecule has 0 aliphatic heterocycles. The summed E-state index contributed by atoms with van der Waals surface area (Å²) in [5.41, 5.74) is 0.0990. The van der Waals surface area contributed by atoms with Crippen molar-refractivity contribution in [3.8, 4) is 11.5 Å². The number of carbonyl (C=O) groups excluding carboxylic acids is 1. The molecule has 0 aliphatic carbocycles. The number of rotatable bonds is 7. The van der Waals surface area contributed by atoms with Gasteiger partial charge >= 0.3 is 6.18 Å². The molecule has 3 aromatic rings. The number of benzene rings is 1. The molecule has 13 heteroatoms. The van der Waals surface area contributed by atoms with E-state index in [2.05, 4.69) is 20.4 Å². The van der Waals surface area contributed by atoms with Gasteiger partial charge in [0.1, 0.15) is 0 Å². The molecule has 1 aromatic carbocycles. The number of aromatic nitrogens is 5. The van der Waals surface area contributed by atoms with Gasteiger partial charge < -0.3 is 9.47 Å². The van der Waals surface area contributed by atoms with E-state index < -0.39 is 23.9 Å². The molecule has 0 unspecified atom stereocenters. The number of fused-ring (bicyclic) bond motifs is 1. The van der Waals surface area contributed by atoms with E-state index in [1.807, 2.05) is 0 Å². The highest BCUT2D eigenvalue weighted by Gasteiger charge is 2.35. The highest BCUT2D eigenvalue weighted by molar-refractivity contribution is 5.88. The Kier molecular flexibility index (Phi) is 5.89. The number of methoxy groups -OCH3 is 2. The number of hydrogen-bond donors (Lipinski definition) is 2. The second-order valence-corrected chi connectivity index (χ2v) is 6.12. The van der Waals surface area contributed by atoms with Crippen molar-refractivity contribution in [2.45, 2.75) is 25.6 Å². The molecule has 0 bridgehead atoms. The summed E-state index contributed by atoms with van der Waals surface area (Å²) in [6, 6.07) is 3.10. The third-order valence-corrected chi connectivity index (χ3v) is 4.14. The van der Waals surface area contributed by atoms with Crippen LogP contribution in [0, 0.1) is 0 Å². The Hall–Kier alpha value is -3.64. The molecule has 0 atom stereocenters. The molecule has 0 aliphatic rings. The quantitative estimate of drug-likeness (QED) is 0.592. The molecular weight excluding hydrogens is 409 g/mol. The molecule has 0 saturated carbocycles. The van der Waals surface area contributed by atoms with Gasteiger partial charge in [0.25, 0.3) is 5.56 Å². The largest absolute Gasteiger partial charge is 0.493 e. The number of nitrogens with one attached hydrogen (secondary N) is 2. The predicted molar refractivity (Wildman–Crippen MR) is 98.4 cm³/mol. The molecule has 0 saturated heterocycles. The van der Waals surface area contributed by atoms with Crippen LogP contribution in [0.25, 0.3) is 10.9 Å². The number of aromatic amines is 1. The van der Waals surface area contributed by atoms with Gasteiger partial charge in [0, 0.05) is 19.0 Å². The van der Waals surface area contributed by atoms with Crippen molar-refractivity contribution in [2.75, 3.05) is 19.5 Å². The molecule has 1 amide bonds. The van der Waals surface area contributed by atoms with Crippen LogP contribution in [0.5, 0.6) is 11.5 Å². The number of amides is 1. The summed E-state index contributed by atoms with van der Waals surface area (Å²) in [6.07, 6.45) is -3.17. The van der Waals surface area contributed by atoms with E-state index in [1.54, 1.807) is 11.2 Å². The van der Waals surface area contributed by atoms with E-state index in [-0.39, 0.29) is 24.9 Å². The second kappa shape index (κ2) is 8.39. The summed E-state index contributed by atoms with van der Waals surface area (Å²) < 4.78 is 49.1. The number of H-pyrrole nitrogens is 1. The van der Waals surface area contributed by atoms with Crippen LogP contribution in [0.15, 0.2) is 23.3 Å². The Morgan fingerprint density at radius 2 is 1.93 bits per heavy atom. The minimum absolute atomic E-state index is 0.0632. The average molecular weight is 426 g/mol. The first-order valence-corrected chi connectivity index (χ1v) is 8.63. The van der Waals surface area contributed by atoms with Crippen LogP contribution in [-0.4, -0.2) is 44.9 Å². The fraction of sp³-hybridized carbons (Fsp3) is 0.353. The molecule has 10 nitrogen and oxygen atoms in total. The van der Waals surface area contributed by atoms with Crippen molar-refractivity contribution in [1.29, 1.82) is 0 Å². The van der Waals surface area contributed by atoms with Crippen molar-refractivity contribution in [3.05, 3.63) is 34.6 Å². The maximum atomic E-state index is 12.7. The van der Waals surface area contributed by atoms with Gasteiger partial charge in [0.2, 0.25) is 17.7 Å². The van der Waals surface area contributed by atoms with Gasteiger partial charge in [-0.1, -0.05) is 0 Å². The van der Waals surface area contributed by atoms with Gasteiger partial charge in [-0.05, 0) is 12.5 Å². The van der Waals surface area contributed by atoms with Crippen LogP contribution in [0.1, 0.15) is 18.7 Å². The Bertz CT molecular complexity index is 1120. The van der Waals surface area contributed by atoms with Crippen LogP contribution >= 0.6 is 0 Å². The van der Waals surface area contributed by atoms with Crippen molar-refractivity contribution in [3.63, 3.8) is 0 Å². The number of hydrogen-bond acceptors (Lipinski definition) is 7. The van der Waals surface area contributed by atoms with Gasteiger partial charge in [-0.15, -0.1) is 5.10 Å². The van der Waals surface area contributed by atoms with Gasteiger partial charge in [0.15, 0.2) is 11.5 Å². The van der Waals surface area contributed by atoms with E-state index in [4.69, 9.17) is 9.47 Å². The van der Waals surface area contributed by atoms with Crippen LogP contribution < -0.4 is 20.3 Å². The molecular formula is C17H17F3N6O4. The van der Waals surface area contributed by atoms with E-state index in [9.17, 15) is 22.8 Å². The van der Waals surface area contributed by atoms with Crippen molar-refractivity contribution in [1.82, 2.24) is 24.7 Å². The summed E-state index contributed by atoms with van der Waals surface area (Å²) in [7, 11) is 2.92. The number of carbonyl (C=O) groups is 1. The van der Waals surface area contributed by atoms with Crippen molar-refractivity contribution >= 4 is 22.8 Å². The first-order valence-electron chi connectivity index (χ1n) is 8.63. The zero-order valence-electron chi connectivity index (χ0n) is 15.9. The molecule has 3 rings (SSSR count). The van der Waals surface area contributed by atoms with Gasteiger partial charge in [-0.3, -0.25) is 24.6 Å². The van der Waals surface area contributed by atoms with Crippen LogP contribution in [0.3, 0.4) is 0 Å². The number of aryl methyl sites for hydroxylation is 1. The smallest absolute Gasteiger partial charge is 0.451 e. The molecule has 2 heterocycles. The standard InChI is InChI=1S/C17H17F3N6O4/c1-29-11-6-9-10(7-12(11)30-2)21-8-26(14(9)28)5-3-4-13(27)22-16-23-15(24-25-16)17(18,19)20/h6-8H,3-5H2,1-2H3,(H2,22,23,24,25,27). The second-order valence-electron chi connectivity index (χ2n) is 6.12. The number of ether oxygens (including phenoxy) is 2. The Labute approximate surface area is 167 Å². The summed E-state index contributed by atoms with van der Waals surface area (Å²) in [4.78, 5) is 31.9. The first kappa shape index (κ1) is 21.1. The fourth-order valence-electron chi connectivity index (χ4n) is 2.69. The molecule has 0 spiro atoms. The normalized spacial score (nSPS) is 11.5. The Morgan fingerprint density at radius 3 is 2.57 bits per heavy atom. The number of nitrogens with zero attached hydrogens (tertiary/aromatic N) is 4. The highest BCUT2D eigenvalue weighted by Crippen LogP contribution is 2.30. The van der Waals surface area contributed by atoms with E-state index in [0.717, 1.165) is 0 Å². The van der Waals surface area contributed by atoms with E-state index in [1.165, 1.54) is 31.2 Å².